The molecule has 0 spiro atoms. The highest BCUT2D eigenvalue weighted by atomic mass is 35.5. The van der Waals surface area contributed by atoms with E-state index in [9.17, 15) is 13.2 Å². The van der Waals surface area contributed by atoms with Gasteiger partial charge >= 0.3 is 6.18 Å². The molecule has 1 aromatic rings. The lowest BCUT2D eigenvalue weighted by Gasteiger charge is -2.11. The maximum atomic E-state index is 11.8. The number of para-hydroxylation sites is 1. The van der Waals surface area contributed by atoms with E-state index in [1.54, 1.807) is 0 Å². The molecule has 0 amide bonds. The van der Waals surface area contributed by atoms with E-state index in [0.29, 0.717) is 12.4 Å². The highest BCUT2D eigenvalue weighted by molar-refractivity contribution is 6.17. The number of anilines is 1. The maximum absolute atomic E-state index is 11.8. The first-order valence-corrected chi connectivity index (χ1v) is 5.58. The molecule has 0 radical (unpaired) electrons. The lowest BCUT2D eigenvalue weighted by atomic mass is 10.2. The van der Waals surface area contributed by atoms with Crippen molar-refractivity contribution < 1.29 is 17.9 Å². The molecule has 0 heterocycles. The van der Waals surface area contributed by atoms with Gasteiger partial charge in [0.25, 0.3) is 0 Å². The van der Waals surface area contributed by atoms with Crippen LogP contribution >= 0.6 is 11.6 Å². The summed E-state index contributed by atoms with van der Waals surface area (Å²) in [7, 11) is 0. The number of alkyl halides is 4. The minimum Gasteiger partial charge on any atom is -0.382 e. The molecule has 0 unspecified atom stereocenters. The predicted octanol–water partition coefficient (Wildman–Crippen LogP) is 3.42. The van der Waals surface area contributed by atoms with E-state index in [4.69, 9.17) is 11.6 Å². The van der Waals surface area contributed by atoms with E-state index in [1.807, 2.05) is 24.3 Å². The summed E-state index contributed by atoms with van der Waals surface area (Å²) >= 11 is 5.71. The van der Waals surface area contributed by atoms with Crippen LogP contribution in [-0.2, 0) is 10.6 Å². The summed E-state index contributed by atoms with van der Waals surface area (Å²) in [6.07, 6.45) is -4.27. The van der Waals surface area contributed by atoms with E-state index in [2.05, 4.69) is 10.1 Å². The third-order valence-corrected chi connectivity index (χ3v) is 2.28. The lowest BCUT2D eigenvalue weighted by molar-refractivity contribution is -0.172. The van der Waals surface area contributed by atoms with Crippen LogP contribution in [0.15, 0.2) is 24.3 Å². The molecule has 1 N–H and O–H groups in total. The standard InChI is InChI=1S/C11H13ClF3NO/c12-7-9-3-1-2-4-10(9)16-5-6-17-8-11(13,14)15/h1-4,16H,5-8H2. The molecule has 2 nitrogen and oxygen atoms in total. The summed E-state index contributed by atoms with van der Waals surface area (Å²) < 4.78 is 39.8. The summed E-state index contributed by atoms with van der Waals surface area (Å²) in [5.41, 5.74) is 1.73. The molecule has 6 heteroatoms. The lowest BCUT2D eigenvalue weighted by Crippen LogP contribution is -2.20. The number of ether oxygens (including phenoxy) is 1. The highest BCUT2D eigenvalue weighted by Crippen LogP contribution is 2.17. The zero-order chi connectivity index (χ0) is 12.7. The number of nitrogens with one attached hydrogen (secondary N) is 1. The van der Waals surface area contributed by atoms with Gasteiger partial charge in [-0.05, 0) is 11.6 Å². The van der Waals surface area contributed by atoms with Crippen molar-refractivity contribution in [2.24, 2.45) is 0 Å². The number of hydrogen-bond donors (Lipinski definition) is 1. The molecule has 0 bridgehead atoms. The van der Waals surface area contributed by atoms with Gasteiger partial charge in [0.1, 0.15) is 6.61 Å². The quantitative estimate of drug-likeness (QED) is 0.630. The van der Waals surface area contributed by atoms with Crippen LogP contribution in [0.2, 0.25) is 0 Å². The van der Waals surface area contributed by atoms with Gasteiger partial charge in [-0.25, -0.2) is 0 Å². The number of benzene rings is 1. The van der Waals surface area contributed by atoms with Crippen LogP contribution in [-0.4, -0.2) is 25.9 Å². The van der Waals surface area contributed by atoms with Crippen LogP contribution in [0.25, 0.3) is 0 Å². The third-order valence-electron chi connectivity index (χ3n) is 1.99. The van der Waals surface area contributed by atoms with Crippen molar-refractivity contribution in [2.75, 3.05) is 25.1 Å². The Bertz CT molecular complexity index is 344. The largest absolute Gasteiger partial charge is 0.411 e. The molecule has 1 rings (SSSR count). The Morgan fingerprint density at radius 1 is 1.24 bits per heavy atom. The van der Waals surface area contributed by atoms with Gasteiger partial charge in [0.15, 0.2) is 0 Å². The van der Waals surface area contributed by atoms with Gasteiger partial charge in [0.2, 0.25) is 0 Å². The molecule has 0 aliphatic carbocycles. The molecule has 0 saturated carbocycles. The highest BCUT2D eigenvalue weighted by Gasteiger charge is 2.27. The Labute approximate surface area is 103 Å². The second kappa shape index (κ2) is 6.71. The van der Waals surface area contributed by atoms with E-state index < -0.39 is 12.8 Å². The zero-order valence-electron chi connectivity index (χ0n) is 9.06. The number of halogens is 4. The summed E-state index contributed by atoms with van der Waals surface area (Å²) in [6.45, 7) is -0.911. The summed E-state index contributed by atoms with van der Waals surface area (Å²) in [5, 5.41) is 2.97. The first-order chi connectivity index (χ1) is 8.03. The van der Waals surface area contributed by atoms with E-state index >= 15 is 0 Å². The van der Waals surface area contributed by atoms with E-state index in [0.717, 1.165) is 11.3 Å². The second-order valence-corrected chi connectivity index (χ2v) is 3.65. The first-order valence-electron chi connectivity index (χ1n) is 5.05. The monoisotopic (exact) mass is 267 g/mol. The molecule has 0 aromatic heterocycles. The Morgan fingerprint density at radius 2 is 1.94 bits per heavy atom. The molecule has 1 aromatic carbocycles. The molecule has 0 aliphatic heterocycles. The van der Waals surface area contributed by atoms with Crippen molar-refractivity contribution in [2.45, 2.75) is 12.1 Å². The molecular weight excluding hydrogens is 255 g/mol. The molecular formula is C11H13ClF3NO. The Kier molecular flexibility index (Phi) is 5.58. The molecule has 96 valence electrons. The Hall–Kier alpha value is -0.940. The van der Waals surface area contributed by atoms with Crippen molar-refractivity contribution in [1.29, 1.82) is 0 Å². The Balaban J connectivity index is 2.27. The number of rotatable bonds is 6. The smallest absolute Gasteiger partial charge is 0.382 e. The third kappa shape index (κ3) is 5.79. The topological polar surface area (TPSA) is 21.3 Å². The van der Waals surface area contributed by atoms with Gasteiger partial charge in [-0.15, -0.1) is 11.6 Å². The summed E-state index contributed by atoms with van der Waals surface area (Å²) in [6, 6.07) is 7.35. The molecule has 0 aliphatic rings. The van der Waals surface area contributed by atoms with Crippen LogP contribution in [0.3, 0.4) is 0 Å². The fourth-order valence-corrected chi connectivity index (χ4v) is 1.49. The summed E-state index contributed by atoms with van der Waals surface area (Å²) in [5.74, 6) is 0.354. The average Bonchev–Trinajstić information content (AvgIpc) is 2.27. The van der Waals surface area contributed by atoms with Gasteiger partial charge < -0.3 is 10.1 Å². The van der Waals surface area contributed by atoms with Crippen molar-refractivity contribution in [1.82, 2.24) is 0 Å². The molecule has 17 heavy (non-hydrogen) atoms. The second-order valence-electron chi connectivity index (χ2n) is 3.39. The summed E-state index contributed by atoms with van der Waals surface area (Å²) in [4.78, 5) is 0. The van der Waals surface area contributed by atoms with Crippen molar-refractivity contribution in [3.05, 3.63) is 29.8 Å². The fraction of sp³-hybridized carbons (Fsp3) is 0.455. The van der Waals surface area contributed by atoms with Crippen molar-refractivity contribution in [3.63, 3.8) is 0 Å². The Morgan fingerprint density at radius 3 is 2.59 bits per heavy atom. The predicted molar refractivity (Wildman–Crippen MR) is 61.4 cm³/mol. The average molecular weight is 268 g/mol. The zero-order valence-corrected chi connectivity index (χ0v) is 9.81. The van der Waals surface area contributed by atoms with E-state index in [1.165, 1.54) is 0 Å². The normalized spacial score (nSPS) is 11.5. The first kappa shape index (κ1) is 14.1. The van der Waals surface area contributed by atoms with Gasteiger partial charge in [-0.1, -0.05) is 18.2 Å². The number of hydrogen-bond acceptors (Lipinski definition) is 2. The van der Waals surface area contributed by atoms with Crippen LogP contribution < -0.4 is 5.32 Å². The van der Waals surface area contributed by atoms with Gasteiger partial charge in [-0.2, -0.15) is 13.2 Å². The molecule has 0 saturated heterocycles. The van der Waals surface area contributed by atoms with Crippen LogP contribution in [0, 0.1) is 0 Å². The SMILES string of the molecule is FC(F)(F)COCCNc1ccccc1CCl. The molecule has 0 fully saturated rings. The van der Waals surface area contributed by atoms with Gasteiger partial charge in [0.05, 0.1) is 6.61 Å². The maximum Gasteiger partial charge on any atom is 0.411 e. The fourth-order valence-electron chi connectivity index (χ4n) is 1.26. The minimum atomic E-state index is -4.27. The minimum absolute atomic E-state index is 0.00384. The molecule has 0 atom stereocenters. The van der Waals surface area contributed by atoms with Crippen LogP contribution in [0.4, 0.5) is 18.9 Å². The van der Waals surface area contributed by atoms with E-state index in [-0.39, 0.29) is 6.61 Å². The van der Waals surface area contributed by atoms with Gasteiger partial charge in [-0.3, -0.25) is 0 Å². The van der Waals surface area contributed by atoms with Crippen molar-refractivity contribution in [3.8, 4) is 0 Å². The van der Waals surface area contributed by atoms with Crippen LogP contribution in [0.1, 0.15) is 5.56 Å². The van der Waals surface area contributed by atoms with Gasteiger partial charge in [0, 0.05) is 18.1 Å². The van der Waals surface area contributed by atoms with Crippen molar-refractivity contribution >= 4 is 17.3 Å². The van der Waals surface area contributed by atoms with Crippen LogP contribution in [0.5, 0.6) is 0 Å².